The summed E-state index contributed by atoms with van der Waals surface area (Å²) in [6.45, 7) is 8.97. The highest BCUT2D eigenvalue weighted by Gasteiger charge is 2.39. The van der Waals surface area contributed by atoms with Crippen LogP contribution in [0.5, 0.6) is 0 Å². The number of thiophene rings is 1. The molecule has 0 unspecified atom stereocenters. The number of rotatable bonds is 1. The largest absolute Gasteiger partial charge is 0.302 e. The predicted octanol–water partition coefficient (Wildman–Crippen LogP) is 4.82. The van der Waals surface area contributed by atoms with Crippen molar-refractivity contribution in [2.24, 2.45) is 0 Å². The zero-order chi connectivity index (χ0) is 19.0. The number of hydrogen-bond acceptors (Lipinski definition) is 5. The Balaban J connectivity index is 1.78. The molecule has 0 bridgehead atoms. The van der Waals surface area contributed by atoms with Gasteiger partial charge in [-0.2, -0.15) is 0 Å². The molecule has 4 heterocycles. The first kappa shape index (κ1) is 17.1. The summed E-state index contributed by atoms with van der Waals surface area (Å²) in [6.07, 6.45) is 2.70. The van der Waals surface area contributed by atoms with E-state index in [0.29, 0.717) is 10.8 Å². The molecule has 3 aromatic heterocycles. The zero-order valence-corrected chi connectivity index (χ0v) is 17.2. The molecule has 0 saturated carbocycles. The van der Waals surface area contributed by atoms with Gasteiger partial charge in [0, 0.05) is 26.5 Å². The summed E-state index contributed by atoms with van der Waals surface area (Å²) in [5.41, 5.74) is 3.07. The number of nitrogens with one attached hydrogen (secondary N) is 1. The molecule has 0 fully saturated rings. The van der Waals surface area contributed by atoms with E-state index in [1.807, 2.05) is 24.3 Å². The fraction of sp³-hybridized carbons (Fsp3) is 0.350. The molecule has 4 aromatic rings. The maximum Gasteiger partial charge on any atom is 0.182 e. The summed E-state index contributed by atoms with van der Waals surface area (Å²) < 4.78 is 1.79. The van der Waals surface area contributed by atoms with E-state index in [9.17, 15) is 0 Å². The predicted molar refractivity (Wildman–Crippen MR) is 111 cm³/mol. The quantitative estimate of drug-likeness (QED) is 0.500. The highest BCUT2D eigenvalue weighted by Crippen LogP contribution is 2.44. The molecule has 5 nitrogen and oxygen atoms in total. The minimum absolute atomic E-state index is 0.0103. The van der Waals surface area contributed by atoms with Crippen LogP contribution in [0.4, 0.5) is 0 Å². The summed E-state index contributed by atoms with van der Waals surface area (Å²) in [7, 11) is 0. The van der Waals surface area contributed by atoms with Gasteiger partial charge in [0.2, 0.25) is 0 Å². The van der Waals surface area contributed by atoms with Crippen LogP contribution in [0.2, 0.25) is 5.02 Å². The average Bonchev–Trinajstić information content (AvgIpc) is 3.15. The Morgan fingerprint density at radius 1 is 1.15 bits per heavy atom. The van der Waals surface area contributed by atoms with Crippen molar-refractivity contribution in [2.45, 2.75) is 45.2 Å². The van der Waals surface area contributed by atoms with E-state index in [1.165, 1.54) is 10.4 Å². The normalized spacial score (nSPS) is 18.1. The number of benzene rings is 1. The first-order valence-corrected chi connectivity index (χ1v) is 10.2. The Kier molecular flexibility index (Phi) is 3.48. The Morgan fingerprint density at radius 2 is 1.89 bits per heavy atom. The van der Waals surface area contributed by atoms with Crippen LogP contribution in [0.15, 0.2) is 30.6 Å². The van der Waals surface area contributed by atoms with Crippen molar-refractivity contribution in [1.29, 1.82) is 0 Å². The lowest BCUT2D eigenvalue weighted by molar-refractivity contribution is 0.248. The third-order valence-corrected chi connectivity index (χ3v) is 6.78. The van der Waals surface area contributed by atoms with Gasteiger partial charge in [-0.25, -0.2) is 14.5 Å². The van der Waals surface area contributed by atoms with E-state index in [0.717, 1.165) is 27.8 Å². The van der Waals surface area contributed by atoms with Crippen LogP contribution in [0.25, 0.3) is 27.3 Å². The van der Waals surface area contributed by atoms with Gasteiger partial charge in [0.1, 0.15) is 11.2 Å². The molecule has 0 spiro atoms. The van der Waals surface area contributed by atoms with Gasteiger partial charge in [-0.05, 0) is 63.9 Å². The van der Waals surface area contributed by atoms with Gasteiger partial charge in [-0.3, -0.25) is 0 Å². The van der Waals surface area contributed by atoms with Crippen molar-refractivity contribution >= 4 is 38.8 Å². The van der Waals surface area contributed by atoms with Gasteiger partial charge >= 0.3 is 0 Å². The van der Waals surface area contributed by atoms with Crippen molar-refractivity contribution in [1.82, 2.24) is 24.9 Å². The summed E-state index contributed by atoms with van der Waals surface area (Å²) in [6, 6.07) is 7.61. The third kappa shape index (κ3) is 2.66. The van der Waals surface area contributed by atoms with E-state index < -0.39 is 0 Å². The second-order valence-corrected chi connectivity index (χ2v) is 9.79. The second kappa shape index (κ2) is 5.50. The molecule has 0 aliphatic carbocycles. The van der Waals surface area contributed by atoms with E-state index in [4.69, 9.17) is 16.6 Å². The van der Waals surface area contributed by atoms with Crippen LogP contribution in [0, 0.1) is 0 Å². The van der Waals surface area contributed by atoms with E-state index in [2.05, 4.69) is 43.1 Å². The first-order chi connectivity index (χ1) is 12.7. The minimum atomic E-state index is -0.0987. The lowest BCUT2D eigenvalue weighted by atomic mass is 9.82. The van der Waals surface area contributed by atoms with Gasteiger partial charge in [0.25, 0.3) is 0 Å². The standard InChI is InChI=1S/C20H20ClN5S/c1-19(2)9-13-14-17-23-16(11-5-7-12(21)8-6-11)24-26(17)10-22-18(14)27-15(13)20(3,4)25-19/h5-8,10,25H,9H2,1-4H3. The Morgan fingerprint density at radius 3 is 2.63 bits per heavy atom. The summed E-state index contributed by atoms with van der Waals surface area (Å²) in [4.78, 5) is 11.9. The number of aromatic nitrogens is 4. The topological polar surface area (TPSA) is 55.1 Å². The average molecular weight is 398 g/mol. The number of halogens is 1. The molecule has 1 aliphatic rings. The SMILES string of the molecule is CC1(C)Cc2c(sc3ncn4nc(-c5ccc(Cl)cc5)nc4c23)C(C)(C)N1. The van der Waals surface area contributed by atoms with Gasteiger partial charge in [-0.1, -0.05) is 11.6 Å². The van der Waals surface area contributed by atoms with Crippen molar-refractivity contribution < 1.29 is 0 Å². The second-order valence-electron chi connectivity index (χ2n) is 8.36. The molecule has 7 heteroatoms. The van der Waals surface area contributed by atoms with E-state index >= 15 is 0 Å². The molecule has 138 valence electrons. The number of hydrogen-bond donors (Lipinski definition) is 1. The zero-order valence-electron chi connectivity index (χ0n) is 15.7. The van der Waals surface area contributed by atoms with Gasteiger partial charge < -0.3 is 5.32 Å². The van der Waals surface area contributed by atoms with Gasteiger partial charge in [0.15, 0.2) is 11.5 Å². The highest BCUT2D eigenvalue weighted by molar-refractivity contribution is 7.19. The smallest absolute Gasteiger partial charge is 0.182 e. The summed E-state index contributed by atoms with van der Waals surface area (Å²) in [5.74, 6) is 0.688. The van der Waals surface area contributed by atoms with Crippen LogP contribution in [-0.2, 0) is 12.0 Å². The minimum Gasteiger partial charge on any atom is -0.302 e. The molecule has 0 amide bonds. The molecule has 1 aromatic carbocycles. The van der Waals surface area contributed by atoms with Crippen LogP contribution >= 0.6 is 22.9 Å². The molecule has 0 radical (unpaired) electrons. The highest BCUT2D eigenvalue weighted by atomic mass is 35.5. The number of fused-ring (bicyclic) bond motifs is 5. The van der Waals surface area contributed by atoms with Crippen LogP contribution < -0.4 is 5.32 Å². The molecular weight excluding hydrogens is 378 g/mol. The van der Waals surface area contributed by atoms with Crippen molar-refractivity contribution in [2.75, 3.05) is 0 Å². The summed E-state index contributed by atoms with van der Waals surface area (Å²) >= 11 is 7.77. The van der Waals surface area contributed by atoms with Gasteiger partial charge in [0.05, 0.1) is 5.39 Å². The molecule has 1 N–H and O–H groups in total. The van der Waals surface area contributed by atoms with Crippen molar-refractivity contribution in [3.8, 4) is 11.4 Å². The van der Waals surface area contributed by atoms with Crippen LogP contribution in [-0.4, -0.2) is 25.1 Å². The van der Waals surface area contributed by atoms with Crippen molar-refractivity contribution in [3.63, 3.8) is 0 Å². The third-order valence-electron chi connectivity index (χ3n) is 5.07. The molecule has 1 aliphatic heterocycles. The maximum absolute atomic E-state index is 6.01. The lowest BCUT2D eigenvalue weighted by Crippen LogP contribution is -2.54. The molecule has 0 atom stereocenters. The molecular formula is C20H20ClN5S. The molecule has 27 heavy (non-hydrogen) atoms. The van der Waals surface area contributed by atoms with Crippen LogP contribution in [0.3, 0.4) is 0 Å². The first-order valence-electron chi connectivity index (χ1n) is 8.96. The van der Waals surface area contributed by atoms with Gasteiger partial charge in [-0.15, -0.1) is 16.4 Å². The maximum atomic E-state index is 6.01. The monoisotopic (exact) mass is 397 g/mol. The lowest BCUT2D eigenvalue weighted by Gasteiger charge is -2.42. The fourth-order valence-electron chi connectivity index (χ4n) is 4.24. The summed E-state index contributed by atoms with van der Waals surface area (Å²) in [5, 5.41) is 10.3. The number of nitrogens with zero attached hydrogens (tertiary/aromatic N) is 4. The fourth-order valence-corrected chi connectivity index (χ4v) is 5.58. The molecule has 5 rings (SSSR count). The van der Waals surface area contributed by atoms with Crippen molar-refractivity contribution in [3.05, 3.63) is 46.1 Å². The van der Waals surface area contributed by atoms with E-state index in [-0.39, 0.29) is 11.1 Å². The Bertz CT molecular complexity index is 1190. The van der Waals surface area contributed by atoms with E-state index in [1.54, 1.807) is 22.2 Å². The molecule has 0 saturated heterocycles. The Labute approximate surface area is 166 Å². The van der Waals surface area contributed by atoms with Crippen LogP contribution in [0.1, 0.15) is 38.1 Å². The Hall–Kier alpha value is -2.02.